The molecule has 2 rings (SSSR count). The van der Waals surface area contributed by atoms with E-state index in [1.54, 1.807) is 18.2 Å². The first-order chi connectivity index (χ1) is 8.18. The molecule has 0 aliphatic heterocycles. The highest BCUT2D eigenvalue weighted by molar-refractivity contribution is 9.09. The fraction of sp³-hybridized carbons (Fsp3) is 0.0714. The van der Waals surface area contributed by atoms with Crippen molar-refractivity contribution in [3.63, 3.8) is 0 Å². The Kier molecular flexibility index (Phi) is 3.59. The van der Waals surface area contributed by atoms with Crippen LogP contribution in [0.25, 0.3) is 0 Å². The number of halogens is 1. The molecule has 0 spiro atoms. The van der Waals surface area contributed by atoms with Gasteiger partial charge in [0.05, 0.1) is 10.4 Å². The third-order valence-electron chi connectivity index (χ3n) is 2.52. The molecule has 3 heteroatoms. The van der Waals surface area contributed by atoms with E-state index in [0.717, 1.165) is 11.1 Å². The maximum absolute atomic E-state index is 10.9. The van der Waals surface area contributed by atoms with E-state index in [-0.39, 0.29) is 4.83 Å². The van der Waals surface area contributed by atoms with Crippen LogP contribution in [0, 0.1) is 0 Å². The fourth-order valence-corrected chi connectivity index (χ4v) is 2.23. The average molecular weight is 291 g/mol. The Bertz CT molecular complexity index is 523. The second-order valence-corrected chi connectivity index (χ2v) is 4.62. The molecule has 17 heavy (non-hydrogen) atoms. The highest BCUT2D eigenvalue weighted by Crippen LogP contribution is 2.30. The van der Waals surface area contributed by atoms with Gasteiger partial charge in [-0.25, -0.2) is 4.79 Å². The smallest absolute Gasteiger partial charge is 0.335 e. The van der Waals surface area contributed by atoms with Gasteiger partial charge in [0.1, 0.15) is 0 Å². The number of alkyl halides is 1. The highest BCUT2D eigenvalue weighted by atomic mass is 79.9. The maximum Gasteiger partial charge on any atom is 0.335 e. The second-order valence-electron chi connectivity index (χ2n) is 3.70. The predicted octanol–water partition coefficient (Wildman–Crippen LogP) is 3.87. The van der Waals surface area contributed by atoms with E-state index in [4.69, 9.17) is 5.11 Å². The number of aromatic carboxylic acids is 1. The minimum atomic E-state index is -0.903. The number of carboxylic acid groups (broad SMARTS) is 1. The summed E-state index contributed by atoms with van der Waals surface area (Å²) in [7, 11) is 0. The van der Waals surface area contributed by atoms with Crippen LogP contribution in [0.5, 0.6) is 0 Å². The van der Waals surface area contributed by atoms with Crippen molar-refractivity contribution in [2.75, 3.05) is 0 Å². The molecule has 0 bridgehead atoms. The number of carbonyl (C=O) groups is 1. The number of carboxylic acids is 1. The average Bonchev–Trinajstić information content (AvgIpc) is 2.39. The number of benzene rings is 2. The summed E-state index contributed by atoms with van der Waals surface area (Å²) in [5.74, 6) is -0.903. The summed E-state index contributed by atoms with van der Waals surface area (Å²) in [5, 5.41) is 8.95. The van der Waals surface area contributed by atoms with E-state index >= 15 is 0 Å². The molecule has 0 amide bonds. The Morgan fingerprint density at radius 3 is 2.29 bits per heavy atom. The van der Waals surface area contributed by atoms with Gasteiger partial charge in [0.25, 0.3) is 0 Å². The van der Waals surface area contributed by atoms with Crippen molar-refractivity contribution in [3.8, 4) is 0 Å². The molecule has 0 radical (unpaired) electrons. The van der Waals surface area contributed by atoms with Crippen LogP contribution in [0.3, 0.4) is 0 Å². The van der Waals surface area contributed by atoms with Gasteiger partial charge < -0.3 is 5.11 Å². The number of rotatable bonds is 3. The van der Waals surface area contributed by atoms with Crippen molar-refractivity contribution in [1.82, 2.24) is 0 Å². The van der Waals surface area contributed by atoms with Crippen molar-refractivity contribution in [3.05, 3.63) is 71.3 Å². The summed E-state index contributed by atoms with van der Waals surface area (Å²) >= 11 is 3.58. The number of hydrogen-bond acceptors (Lipinski definition) is 1. The summed E-state index contributed by atoms with van der Waals surface area (Å²) in [5.41, 5.74) is 2.36. The normalized spacial score (nSPS) is 12.1. The molecule has 0 aliphatic carbocycles. The molecule has 1 N–H and O–H groups in total. The van der Waals surface area contributed by atoms with E-state index in [1.165, 1.54) is 0 Å². The topological polar surface area (TPSA) is 37.3 Å². The van der Waals surface area contributed by atoms with Gasteiger partial charge in [0.15, 0.2) is 0 Å². The van der Waals surface area contributed by atoms with Gasteiger partial charge in [-0.15, -0.1) is 0 Å². The van der Waals surface area contributed by atoms with Crippen molar-refractivity contribution >= 4 is 21.9 Å². The molecule has 2 aromatic rings. The van der Waals surface area contributed by atoms with Gasteiger partial charge in [-0.3, -0.25) is 0 Å². The van der Waals surface area contributed by atoms with Crippen molar-refractivity contribution in [2.45, 2.75) is 4.83 Å². The molecular formula is C14H11BrO2. The summed E-state index contributed by atoms with van der Waals surface area (Å²) in [6.07, 6.45) is 0. The van der Waals surface area contributed by atoms with Crippen LogP contribution in [0.4, 0.5) is 0 Å². The second kappa shape index (κ2) is 5.15. The molecule has 2 nitrogen and oxygen atoms in total. The highest BCUT2D eigenvalue weighted by Gasteiger charge is 2.11. The van der Waals surface area contributed by atoms with Crippen molar-refractivity contribution in [2.24, 2.45) is 0 Å². The minimum Gasteiger partial charge on any atom is -0.478 e. The Hall–Kier alpha value is -1.61. The lowest BCUT2D eigenvalue weighted by atomic mass is 10.0. The first-order valence-corrected chi connectivity index (χ1v) is 6.12. The molecule has 0 saturated carbocycles. The molecule has 2 aromatic carbocycles. The Morgan fingerprint density at radius 2 is 1.65 bits per heavy atom. The zero-order chi connectivity index (χ0) is 12.3. The maximum atomic E-state index is 10.9. The zero-order valence-electron chi connectivity index (χ0n) is 9.01. The van der Waals surface area contributed by atoms with Crippen LogP contribution < -0.4 is 0 Å². The minimum absolute atomic E-state index is 0.0167. The monoisotopic (exact) mass is 290 g/mol. The van der Waals surface area contributed by atoms with E-state index in [2.05, 4.69) is 15.9 Å². The molecular weight excluding hydrogens is 280 g/mol. The Balaban J connectivity index is 2.34. The van der Waals surface area contributed by atoms with Crippen molar-refractivity contribution in [1.29, 1.82) is 0 Å². The molecule has 0 saturated heterocycles. The first kappa shape index (κ1) is 11.9. The Labute approximate surface area is 108 Å². The van der Waals surface area contributed by atoms with Crippen LogP contribution in [0.15, 0.2) is 54.6 Å². The van der Waals surface area contributed by atoms with E-state index in [1.807, 2.05) is 36.4 Å². The van der Waals surface area contributed by atoms with Crippen LogP contribution in [0.2, 0.25) is 0 Å². The third kappa shape index (κ3) is 2.74. The quantitative estimate of drug-likeness (QED) is 0.872. The Morgan fingerprint density at radius 1 is 1.00 bits per heavy atom. The van der Waals surface area contributed by atoms with E-state index in [0.29, 0.717) is 5.56 Å². The van der Waals surface area contributed by atoms with Crippen molar-refractivity contribution < 1.29 is 9.90 Å². The molecule has 0 heterocycles. The summed E-state index contributed by atoms with van der Waals surface area (Å²) < 4.78 is 0. The van der Waals surface area contributed by atoms with E-state index in [9.17, 15) is 4.79 Å². The fourth-order valence-electron chi connectivity index (χ4n) is 1.64. The lowest BCUT2D eigenvalue weighted by Gasteiger charge is -2.11. The molecule has 0 fully saturated rings. The largest absolute Gasteiger partial charge is 0.478 e. The lowest BCUT2D eigenvalue weighted by Crippen LogP contribution is -1.99. The molecule has 1 atom stereocenters. The van der Waals surface area contributed by atoms with E-state index < -0.39 is 5.97 Å². The van der Waals surface area contributed by atoms with Gasteiger partial charge in [-0.2, -0.15) is 0 Å². The van der Waals surface area contributed by atoms with Gasteiger partial charge >= 0.3 is 5.97 Å². The van der Waals surface area contributed by atoms with Gasteiger partial charge in [-0.1, -0.05) is 58.4 Å². The van der Waals surface area contributed by atoms with Gasteiger partial charge in [0, 0.05) is 0 Å². The molecule has 86 valence electrons. The summed E-state index contributed by atoms with van der Waals surface area (Å²) in [6, 6.07) is 16.9. The lowest BCUT2D eigenvalue weighted by molar-refractivity contribution is 0.0697. The zero-order valence-corrected chi connectivity index (χ0v) is 10.6. The third-order valence-corrected chi connectivity index (χ3v) is 3.58. The summed E-state index contributed by atoms with van der Waals surface area (Å²) in [6.45, 7) is 0. The molecule has 1 unspecified atom stereocenters. The first-order valence-electron chi connectivity index (χ1n) is 5.21. The van der Waals surface area contributed by atoms with Crippen LogP contribution in [-0.4, -0.2) is 11.1 Å². The molecule has 0 aromatic heterocycles. The summed E-state index contributed by atoms with van der Waals surface area (Å²) in [4.78, 5) is 10.9. The van der Waals surface area contributed by atoms with Crippen LogP contribution in [-0.2, 0) is 0 Å². The van der Waals surface area contributed by atoms with Crippen LogP contribution >= 0.6 is 15.9 Å². The van der Waals surface area contributed by atoms with Gasteiger partial charge in [0.2, 0.25) is 0 Å². The van der Waals surface area contributed by atoms with Gasteiger partial charge in [-0.05, 0) is 23.3 Å². The predicted molar refractivity (Wildman–Crippen MR) is 70.6 cm³/mol. The SMILES string of the molecule is O=C(O)c1cccc(C(Br)c2ccccc2)c1. The molecule has 0 aliphatic rings. The standard InChI is InChI=1S/C14H11BrO2/c15-13(10-5-2-1-3-6-10)11-7-4-8-12(9-11)14(16)17/h1-9,13H,(H,16,17). The van der Waals surface area contributed by atoms with Crippen LogP contribution in [0.1, 0.15) is 26.3 Å². The number of hydrogen-bond donors (Lipinski definition) is 1.